The van der Waals surface area contributed by atoms with E-state index in [1.54, 1.807) is 0 Å². The second-order valence-electron chi connectivity index (χ2n) is 5.52. The SMILES string of the molecule is CCc1c(-c2ccccc2)cc(-c2ccccc2)[o+]c1C.[O-][Cl+3]([O-])([O-])[O-]. The molecule has 0 aliphatic carbocycles. The van der Waals surface area contributed by atoms with Crippen LogP contribution in [0.1, 0.15) is 18.2 Å². The molecule has 0 bridgehead atoms. The lowest BCUT2D eigenvalue weighted by molar-refractivity contribution is -2.00. The van der Waals surface area contributed by atoms with E-state index in [9.17, 15) is 0 Å². The van der Waals surface area contributed by atoms with Gasteiger partial charge in [-0.25, -0.2) is 23.1 Å². The highest BCUT2D eigenvalue weighted by molar-refractivity contribution is 5.72. The number of benzene rings is 2. The molecule has 1 heterocycles. The molecule has 0 amide bonds. The molecule has 0 aliphatic rings. The van der Waals surface area contributed by atoms with E-state index in [0.717, 1.165) is 23.5 Å². The maximum absolute atomic E-state index is 8.49. The van der Waals surface area contributed by atoms with Crippen LogP contribution in [0.3, 0.4) is 0 Å². The van der Waals surface area contributed by atoms with E-state index in [2.05, 4.69) is 56.3 Å². The zero-order chi connectivity index (χ0) is 19.2. The molecule has 2 aromatic carbocycles. The third-order valence-electron chi connectivity index (χ3n) is 3.79. The van der Waals surface area contributed by atoms with Crippen molar-refractivity contribution in [3.63, 3.8) is 0 Å². The van der Waals surface area contributed by atoms with Gasteiger partial charge in [0.15, 0.2) is 0 Å². The third-order valence-corrected chi connectivity index (χ3v) is 3.79. The molecule has 3 rings (SSSR count). The summed E-state index contributed by atoms with van der Waals surface area (Å²) in [4.78, 5) is 0. The van der Waals surface area contributed by atoms with Crippen molar-refractivity contribution in [2.45, 2.75) is 20.3 Å². The summed E-state index contributed by atoms with van der Waals surface area (Å²) in [5.74, 6) is 1.92. The van der Waals surface area contributed by atoms with Gasteiger partial charge in [-0.2, -0.15) is 0 Å². The molecule has 1 aromatic heterocycles. The van der Waals surface area contributed by atoms with Crippen LogP contribution in [0.4, 0.5) is 0 Å². The molecule has 0 unspecified atom stereocenters. The predicted molar refractivity (Wildman–Crippen MR) is 88.1 cm³/mol. The minimum Gasteiger partial charge on any atom is -0.222 e. The van der Waals surface area contributed by atoms with Gasteiger partial charge in [0.1, 0.15) is 0 Å². The Hall–Kier alpha value is -2.28. The smallest absolute Gasteiger partial charge is 0.222 e. The van der Waals surface area contributed by atoms with Crippen molar-refractivity contribution < 1.29 is 33.3 Å². The van der Waals surface area contributed by atoms with Crippen molar-refractivity contribution in [1.29, 1.82) is 0 Å². The minimum atomic E-state index is -4.94. The second-order valence-corrected chi connectivity index (χ2v) is 6.28. The molecule has 136 valence electrons. The van der Waals surface area contributed by atoms with Crippen molar-refractivity contribution in [1.82, 2.24) is 0 Å². The topological polar surface area (TPSA) is 104 Å². The van der Waals surface area contributed by atoms with Gasteiger partial charge in [-0.1, -0.05) is 55.5 Å². The van der Waals surface area contributed by atoms with Crippen LogP contribution >= 0.6 is 0 Å². The van der Waals surface area contributed by atoms with Crippen molar-refractivity contribution in [3.8, 4) is 22.5 Å². The average molecular weight is 375 g/mol. The van der Waals surface area contributed by atoms with E-state index < -0.39 is 10.2 Å². The second kappa shape index (κ2) is 8.89. The number of halogens is 1. The Labute approximate surface area is 154 Å². The van der Waals surface area contributed by atoms with Crippen LogP contribution in [-0.4, -0.2) is 0 Å². The number of rotatable bonds is 3. The lowest BCUT2D eigenvalue weighted by Gasteiger charge is -2.17. The van der Waals surface area contributed by atoms with Crippen LogP contribution in [0.25, 0.3) is 22.5 Å². The molecule has 0 atom stereocenters. The van der Waals surface area contributed by atoms with Gasteiger partial charge in [0.2, 0.25) is 0 Å². The Morgan fingerprint density at radius 3 is 1.73 bits per heavy atom. The lowest BCUT2D eigenvalue weighted by Crippen LogP contribution is -2.68. The zero-order valence-corrected chi connectivity index (χ0v) is 15.2. The molecule has 0 radical (unpaired) electrons. The molecule has 0 saturated carbocycles. The van der Waals surface area contributed by atoms with Gasteiger partial charge in [0, 0.05) is 5.56 Å². The zero-order valence-electron chi connectivity index (χ0n) is 14.5. The van der Waals surface area contributed by atoms with Crippen molar-refractivity contribution in [2.75, 3.05) is 0 Å². The molecule has 26 heavy (non-hydrogen) atoms. The summed E-state index contributed by atoms with van der Waals surface area (Å²) in [5.41, 5.74) is 4.90. The van der Waals surface area contributed by atoms with Crippen molar-refractivity contribution in [3.05, 3.63) is 78.1 Å². The van der Waals surface area contributed by atoms with Gasteiger partial charge in [0.25, 0.3) is 0 Å². The molecular formula is C20H19ClO5. The first-order valence-electron chi connectivity index (χ1n) is 7.98. The summed E-state index contributed by atoms with van der Waals surface area (Å²) < 4.78 is 40.0. The van der Waals surface area contributed by atoms with E-state index >= 15 is 0 Å². The standard InChI is InChI=1S/C20H19O.ClHO4/c1-3-18-15(2)21-20(17-12-8-5-9-13-17)14-19(18)16-10-6-4-7-11-16;2-1(3,4)5/h4-14H,3H2,1-2H3;(H,2,3,4,5)/q+1;/p-1. The number of aryl methyl sites for hydroxylation is 1. The van der Waals surface area contributed by atoms with Gasteiger partial charge in [-0.15, -0.1) is 10.2 Å². The van der Waals surface area contributed by atoms with Gasteiger partial charge in [-0.05, 0) is 24.1 Å². The molecule has 3 aromatic rings. The summed E-state index contributed by atoms with van der Waals surface area (Å²) in [6, 6.07) is 22.9. The third kappa shape index (κ3) is 5.91. The Morgan fingerprint density at radius 1 is 0.808 bits per heavy atom. The molecule has 0 saturated heterocycles. The maximum atomic E-state index is 8.49. The Kier molecular flexibility index (Phi) is 6.85. The fourth-order valence-electron chi connectivity index (χ4n) is 2.72. The normalized spacial score (nSPS) is 10.8. The predicted octanol–water partition coefficient (Wildman–Crippen LogP) is 1.01. The first-order chi connectivity index (χ1) is 12.3. The van der Waals surface area contributed by atoms with E-state index in [1.807, 2.05) is 24.3 Å². The first kappa shape index (κ1) is 20.0. The summed E-state index contributed by atoms with van der Waals surface area (Å²) in [6.45, 7) is 4.23. The molecule has 0 spiro atoms. The van der Waals surface area contributed by atoms with Gasteiger partial charge in [0.05, 0.1) is 24.1 Å². The van der Waals surface area contributed by atoms with Crippen LogP contribution in [0.5, 0.6) is 0 Å². The van der Waals surface area contributed by atoms with E-state index in [0.29, 0.717) is 0 Å². The molecule has 0 N–H and O–H groups in total. The summed E-state index contributed by atoms with van der Waals surface area (Å²) in [5, 5.41) is 0. The molecule has 0 fully saturated rings. The molecular weight excluding hydrogens is 356 g/mol. The quantitative estimate of drug-likeness (QED) is 0.636. The minimum absolute atomic E-state index is 0.921. The highest BCUT2D eigenvalue weighted by Crippen LogP contribution is 2.32. The lowest BCUT2D eigenvalue weighted by atomic mass is 9.96. The van der Waals surface area contributed by atoms with Crippen molar-refractivity contribution in [2.24, 2.45) is 0 Å². The maximum Gasteiger partial charge on any atom is 0.360 e. The van der Waals surface area contributed by atoms with Crippen LogP contribution < -0.4 is 18.6 Å². The first-order valence-corrected chi connectivity index (χ1v) is 9.22. The van der Waals surface area contributed by atoms with E-state index in [-0.39, 0.29) is 0 Å². The van der Waals surface area contributed by atoms with Crippen LogP contribution in [0.15, 0.2) is 71.1 Å². The van der Waals surface area contributed by atoms with Crippen LogP contribution in [0.2, 0.25) is 0 Å². The fourth-order valence-corrected chi connectivity index (χ4v) is 2.72. The molecule has 0 aliphatic heterocycles. The number of hydrogen-bond acceptors (Lipinski definition) is 4. The Bertz CT molecular complexity index is 824. The van der Waals surface area contributed by atoms with Crippen LogP contribution in [0, 0.1) is 17.2 Å². The van der Waals surface area contributed by atoms with E-state index in [4.69, 9.17) is 23.1 Å². The van der Waals surface area contributed by atoms with Crippen molar-refractivity contribution >= 4 is 0 Å². The highest BCUT2D eigenvalue weighted by atomic mass is 35.7. The van der Waals surface area contributed by atoms with E-state index in [1.165, 1.54) is 16.7 Å². The summed E-state index contributed by atoms with van der Waals surface area (Å²) >= 11 is 0. The summed E-state index contributed by atoms with van der Waals surface area (Å²) in [7, 11) is -4.94. The Morgan fingerprint density at radius 2 is 1.27 bits per heavy atom. The average Bonchev–Trinajstić information content (AvgIpc) is 2.61. The fraction of sp³-hybridized carbons (Fsp3) is 0.150. The largest absolute Gasteiger partial charge is 0.360 e. The Balaban J connectivity index is 0.000000431. The van der Waals surface area contributed by atoms with Gasteiger partial charge < -0.3 is 0 Å². The molecule has 6 heteroatoms. The van der Waals surface area contributed by atoms with Crippen LogP contribution in [-0.2, 0) is 6.42 Å². The van der Waals surface area contributed by atoms with Gasteiger partial charge >= 0.3 is 11.5 Å². The monoisotopic (exact) mass is 374 g/mol. The summed E-state index contributed by atoms with van der Waals surface area (Å²) in [6.07, 6.45) is 0.967. The highest BCUT2D eigenvalue weighted by Gasteiger charge is 2.21. The number of hydrogen-bond donors (Lipinski definition) is 0. The van der Waals surface area contributed by atoms with Gasteiger partial charge in [-0.3, -0.25) is 0 Å². The molecule has 5 nitrogen and oxygen atoms in total.